The minimum atomic E-state index is -0.866. The van der Waals surface area contributed by atoms with Gasteiger partial charge in [0.1, 0.15) is 11.9 Å². The topological polar surface area (TPSA) is 86.5 Å². The fraction of sp³-hybridized carbons (Fsp3) is 0.588. The van der Waals surface area contributed by atoms with Gasteiger partial charge in [-0.3, -0.25) is 0 Å². The van der Waals surface area contributed by atoms with E-state index in [0.717, 1.165) is 37.9 Å². The number of carboxylic acid groups (broad SMARTS) is 1. The summed E-state index contributed by atoms with van der Waals surface area (Å²) in [7, 11) is 0. The first-order chi connectivity index (χ1) is 11.5. The van der Waals surface area contributed by atoms with Gasteiger partial charge in [-0.15, -0.1) is 0 Å². The Hall–Kier alpha value is -1.84. The number of ether oxygens (including phenoxy) is 1. The normalized spacial score (nSPS) is 24.8. The Bertz CT molecular complexity index is 680. The molecule has 1 N–H and O–H groups in total. The lowest BCUT2D eigenvalue weighted by molar-refractivity contribution is -0.150. The van der Waals surface area contributed by atoms with Crippen molar-refractivity contribution in [3.8, 4) is 6.07 Å². The van der Waals surface area contributed by atoms with E-state index in [2.05, 4.69) is 16.0 Å². The van der Waals surface area contributed by atoms with Gasteiger partial charge in [0.05, 0.1) is 16.7 Å². The number of pyridine rings is 1. The quantitative estimate of drug-likeness (QED) is 0.902. The van der Waals surface area contributed by atoms with Gasteiger partial charge in [0.2, 0.25) is 0 Å². The Morgan fingerprint density at radius 2 is 2.12 bits per heavy atom. The molecular weight excluding hydrogens is 330 g/mol. The summed E-state index contributed by atoms with van der Waals surface area (Å²) in [5.41, 5.74) is 1.29. The molecule has 2 atom stereocenters. The summed E-state index contributed by atoms with van der Waals surface area (Å²) in [6, 6.07) is 2.21. The van der Waals surface area contributed by atoms with E-state index in [9.17, 15) is 10.1 Å². The number of nitrogens with zero attached hydrogens (tertiary/aromatic N) is 3. The van der Waals surface area contributed by atoms with Crippen LogP contribution >= 0.6 is 11.6 Å². The number of carbonyl (C=O) groups is 1. The molecule has 3 heterocycles. The fourth-order valence-corrected chi connectivity index (χ4v) is 3.76. The van der Waals surface area contributed by atoms with Crippen molar-refractivity contribution in [1.82, 2.24) is 4.98 Å². The molecule has 2 saturated heterocycles. The second-order valence-electron chi connectivity index (χ2n) is 6.44. The van der Waals surface area contributed by atoms with Gasteiger partial charge in [0.25, 0.3) is 0 Å². The van der Waals surface area contributed by atoms with Crippen molar-refractivity contribution >= 4 is 23.4 Å². The highest BCUT2D eigenvalue weighted by molar-refractivity contribution is 6.31. The predicted octanol–water partition coefficient (Wildman–Crippen LogP) is 2.76. The van der Waals surface area contributed by atoms with Crippen molar-refractivity contribution in [3.63, 3.8) is 0 Å². The van der Waals surface area contributed by atoms with E-state index in [1.54, 1.807) is 6.20 Å². The highest BCUT2D eigenvalue weighted by Crippen LogP contribution is 2.34. The zero-order valence-corrected chi connectivity index (χ0v) is 14.3. The summed E-state index contributed by atoms with van der Waals surface area (Å²) < 4.78 is 5.68. The van der Waals surface area contributed by atoms with Gasteiger partial charge in [-0.25, -0.2) is 9.78 Å². The van der Waals surface area contributed by atoms with Crippen LogP contribution in [-0.2, 0) is 9.53 Å². The summed E-state index contributed by atoms with van der Waals surface area (Å²) >= 11 is 6.06. The minimum absolute atomic E-state index is 0.0311. The summed E-state index contributed by atoms with van der Waals surface area (Å²) in [6.07, 6.45) is 4.19. The summed E-state index contributed by atoms with van der Waals surface area (Å²) in [4.78, 5) is 17.5. The van der Waals surface area contributed by atoms with Crippen LogP contribution in [0.5, 0.6) is 0 Å². The number of rotatable bonds is 3. The first-order valence-corrected chi connectivity index (χ1v) is 8.57. The number of aromatic nitrogens is 1. The van der Waals surface area contributed by atoms with Gasteiger partial charge >= 0.3 is 5.97 Å². The van der Waals surface area contributed by atoms with Crippen molar-refractivity contribution in [3.05, 3.63) is 22.3 Å². The average molecular weight is 350 g/mol. The molecule has 3 rings (SSSR count). The van der Waals surface area contributed by atoms with E-state index in [-0.39, 0.29) is 6.10 Å². The van der Waals surface area contributed by atoms with Crippen LogP contribution in [0.1, 0.15) is 36.8 Å². The minimum Gasteiger partial charge on any atom is -0.479 e. The van der Waals surface area contributed by atoms with Gasteiger partial charge in [0.15, 0.2) is 6.10 Å². The van der Waals surface area contributed by atoms with Crippen molar-refractivity contribution in [2.75, 3.05) is 18.0 Å². The Kier molecular flexibility index (Phi) is 4.93. The number of carboxylic acids is 1. The van der Waals surface area contributed by atoms with Gasteiger partial charge in [-0.05, 0) is 44.1 Å². The van der Waals surface area contributed by atoms with E-state index in [1.807, 2.05) is 6.92 Å². The molecule has 6 nitrogen and oxygen atoms in total. The molecule has 2 fully saturated rings. The predicted molar refractivity (Wildman–Crippen MR) is 89.2 cm³/mol. The van der Waals surface area contributed by atoms with Crippen molar-refractivity contribution in [2.45, 2.75) is 44.8 Å². The monoisotopic (exact) mass is 349 g/mol. The van der Waals surface area contributed by atoms with E-state index in [1.165, 1.54) is 0 Å². The van der Waals surface area contributed by atoms with Crippen molar-refractivity contribution in [2.24, 2.45) is 5.92 Å². The highest BCUT2D eigenvalue weighted by Gasteiger charge is 2.37. The Balaban J connectivity index is 1.65. The summed E-state index contributed by atoms with van der Waals surface area (Å²) in [5, 5.41) is 19.0. The van der Waals surface area contributed by atoms with E-state index >= 15 is 0 Å². The van der Waals surface area contributed by atoms with Gasteiger partial charge in [0, 0.05) is 19.3 Å². The third-order valence-electron chi connectivity index (χ3n) is 5.06. The molecule has 128 valence electrons. The van der Waals surface area contributed by atoms with Crippen LogP contribution in [0, 0.1) is 24.2 Å². The smallest absolute Gasteiger partial charge is 0.332 e. The molecule has 0 radical (unpaired) electrons. The second-order valence-corrected chi connectivity index (χ2v) is 6.85. The number of nitriles is 1. The van der Waals surface area contributed by atoms with Gasteiger partial charge < -0.3 is 14.7 Å². The molecule has 0 unspecified atom stereocenters. The first kappa shape index (κ1) is 17.0. The lowest BCUT2D eigenvalue weighted by Gasteiger charge is -2.35. The van der Waals surface area contributed by atoms with Crippen LogP contribution < -0.4 is 4.90 Å². The number of halogens is 1. The van der Waals surface area contributed by atoms with Gasteiger partial charge in [-0.2, -0.15) is 5.26 Å². The SMILES string of the molecule is Cc1c(Cl)cnc(N2CCC([C@@H]3CC[C@H](C(=O)O)O3)CC2)c1C#N. The van der Waals surface area contributed by atoms with E-state index in [0.29, 0.717) is 28.7 Å². The molecule has 0 spiro atoms. The number of piperidine rings is 1. The maximum atomic E-state index is 11.0. The highest BCUT2D eigenvalue weighted by atomic mass is 35.5. The van der Waals surface area contributed by atoms with Gasteiger partial charge in [-0.1, -0.05) is 11.6 Å². The maximum Gasteiger partial charge on any atom is 0.332 e. The zero-order valence-electron chi connectivity index (χ0n) is 13.5. The largest absolute Gasteiger partial charge is 0.479 e. The third kappa shape index (κ3) is 3.19. The molecule has 1 aromatic heterocycles. The number of hydrogen-bond donors (Lipinski definition) is 1. The lowest BCUT2D eigenvalue weighted by atomic mass is 9.89. The molecule has 0 amide bonds. The fourth-order valence-electron chi connectivity index (χ4n) is 3.61. The zero-order chi connectivity index (χ0) is 17.3. The first-order valence-electron chi connectivity index (χ1n) is 8.19. The molecule has 2 aliphatic rings. The second kappa shape index (κ2) is 6.96. The van der Waals surface area contributed by atoms with Crippen LogP contribution in [0.2, 0.25) is 5.02 Å². The van der Waals surface area contributed by atoms with Crippen LogP contribution in [0.15, 0.2) is 6.20 Å². The third-order valence-corrected chi connectivity index (χ3v) is 5.44. The molecule has 7 heteroatoms. The van der Waals surface area contributed by atoms with Crippen LogP contribution in [0.3, 0.4) is 0 Å². The Morgan fingerprint density at radius 3 is 2.71 bits per heavy atom. The number of hydrogen-bond acceptors (Lipinski definition) is 5. The lowest BCUT2D eigenvalue weighted by Crippen LogP contribution is -2.39. The van der Waals surface area contributed by atoms with E-state index < -0.39 is 12.1 Å². The van der Waals surface area contributed by atoms with Crippen LogP contribution in [-0.4, -0.2) is 41.4 Å². The number of aliphatic carboxylic acids is 1. The van der Waals surface area contributed by atoms with Crippen LogP contribution in [0.25, 0.3) is 0 Å². The molecule has 0 bridgehead atoms. The molecule has 0 aromatic carbocycles. The molecule has 0 saturated carbocycles. The maximum absolute atomic E-state index is 11.0. The van der Waals surface area contributed by atoms with Crippen LogP contribution in [0.4, 0.5) is 5.82 Å². The van der Waals surface area contributed by atoms with E-state index in [4.69, 9.17) is 21.4 Å². The molecule has 0 aliphatic carbocycles. The number of anilines is 1. The van der Waals surface area contributed by atoms with Crippen molar-refractivity contribution < 1.29 is 14.6 Å². The molecule has 24 heavy (non-hydrogen) atoms. The average Bonchev–Trinajstić information content (AvgIpc) is 3.08. The Labute approximate surface area is 146 Å². The summed E-state index contributed by atoms with van der Waals surface area (Å²) in [6.45, 7) is 3.40. The molecule has 2 aliphatic heterocycles. The molecular formula is C17H20ClN3O3. The Morgan fingerprint density at radius 1 is 1.42 bits per heavy atom. The molecule has 1 aromatic rings. The standard InChI is InChI=1S/C17H20ClN3O3/c1-10-12(8-19)16(20-9-13(10)18)21-6-4-11(5-7-21)14-2-3-15(24-14)17(22)23/h9,11,14-15H,2-7H2,1H3,(H,22,23)/t14-,15+/m0/s1. The van der Waals surface area contributed by atoms with Crippen molar-refractivity contribution in [1.29, 1.82) is 5.26 Å². The summed E-state index contributed by atoms with van der Waals surface area (Å²) in [5.74, 6) is 0.188.